The van der Waals surface area contributed by atoms with E-state index in [9.17, 15) is 4.79 Å². The lowest BCUT2D eigenvalue weighted by Crippen LogP contribution is -2.42. The van der Waals surface area contributed by atoms with Crippen LogP contribution in [0.3, 0.4) is 0 Å². The van der Waals surface area contributed by atoms with Crippen molar-refractivity contribution in [3.8, 4) is 0 Å². The molecule has 96 valence electrons. The standard InChI is InChI=1S/C15H18O3/c1-15-7-10-3-4-13(17-2)6-11(10)5-12(15)9-18-14(16)8-15/h3-6,10,12H,7-9H2,1-2H3. The molecule has 3 unspecified atom stereocenters. The summed E-state index contributed by atoms with van der Waals surface area (Å²) in [5.74, 6) is 1.59. The molecule has 0 aromatic rings. The zero-order valence-corrected chi connectivity index (χ0v) is 10.8. The first-order valence-electron chi connectivity index (χ1n) is 6.42. The zero-order chi connectivity index (χ0) is 12.8. The van der Waals surface area contributed by atoms with E-state index in [-0.39, 0.29) is 11.4 Å². The minimum absolute atomic E-state index is 0.0479. The van der Waals surface area contributed by atoms with Gasteiger partial charge in [-0.3, -0.25) is 4.79 Å². The van der Waals surface area contributed by atoms with Crippen molar-refractivity contribution in [3.05, 3.63) is 35.6 Å². The first-order valence-corrected chi connectivity index (χ1v) is 6.42. The number of fused-ring (bicyclic) bond motifs is 2. The fraction of sp³-hybridized carbons (Fsp3) is 0.533. The number of cyclic esters (lactones) is 1. The molecule has 0 aromatic heterocycles. The van der Waals surface area contributed by atoms with Gasteiger partial charge in [-0.05, 0) is 29.6 Å². The molecule has 1 heterocycles. The molecule has 3 heteroatoms. The second-order valence-corrected chi connectivity index (χ2v) is 5.71. The Kier molecular flexibility index (Phi) is 2.58. The van der Waals surface area contributed by atoms with Gasteiger partial charge >= 0.3 is 5.97 Å². The third-order valence-corrected chi connectivity index (χ3v) is 4.41. The fourth-order valence-electron chi connectivity index (χ4n) is 3.23. The Morgan fingerprint density at radius 3 is 3.11 bits per heavy atom. The average Bonchev–Trinajstić information content (AvgIpc) is 2.35. The third-order valence-electron chi connectivity index (χ3n) is 4.41. The molecule has 0 N–H and O–H groups in total. The van der Waals surface area contributed by atoms with E-state index in [0.29, 0.717) is 24.9 Å². The van der Waals surface area contributed by atoms with E-state index < -0.39 is 0 Å². The van der Waals surface area contributed by atoms with Gasteiger partial charge in [0.15, 0.2) is 0 Å². The van der Waals surface area contributed by atoms with E-state index in [4.69, 9.17) is 9.47 Å². The van der Waals surface area contributed by atoms with E-state index in [2.05, 4.69) is 25.2 Å². The molecule has 0 spiro atoms. The number of ether oxygens (including phenoxy) is 2. The van der Waals surface area contributed by atoms with Crippen LogP contribution in [-0.4, -0.2) is 19.7 Å². The molecule has 3 rings (SSSR count). The molecular weight excluding hydrogens is 228 g/mol. The molecule has 2 aliphatic carbocycles. The van der Waals surface area contributed by atoms with Crippen molar-refractivity contribution in [2.75, 3.05) is 13.7 Å². The highest BCUT2D eigenvalue weighted by Gasteiger charge is 2.44. The minimum Gasteiger partial charge on any atom is -0.497 e. The number of carbonyl (C=O) groups is 1. The summed E-state index contributed by atoms with van der Waals surface area (Å²) in [6, 6.07) is 0. The number of methoxy groups -OCH3 is 1. The van der Waals surface area contributed by atoms with Crippen LogP contribution in [0.4, 0.5) is 0 Å². The summed E-state index contributed by atoms with van der Waals surface area (Å²) in [5, 5.41) is 0. The number of allylic oxidation sites excluding steroid dienone is 4. The summed E-state index contributed by atoms with van der Waals surface area (Å²) >= 11 is 0. The van der Waals surface area contributed by atoms with Gasteiger partial charge in [0.1, 0.15) is 5.76 Å². The second kappa shape index (κ2) is 4.01. The lowest BCUT2D eigenvalue weighted by molar-refractivity contribution is -0.157. The van der Waals surface area contributed by atoms with Crippen molar-refractivity contribution in [3.63, 3.8) is 0 Å². The molecule has 3 atom stereocenters. The first kappa shape index (κ1) is 11.6. The molecule has 1 aliphatic heterocycles. The van der Waals surface area contributed by atoms with E-state index in [0.717, 1.165) is 12.2 Å². The highest BCUT2D eigenvalue weighted by Crippen LogP contribution is 2.49. The summed E-state index contributed by atoms with van der Waals surface area (Å²) in [7, 11) is 1.69. The van der Waals surface area contributed by atoms with Crippen molar-refractivity contribution >= 4 is 5.97 Å². The van der Waals surface area contributed by atoms with Gasteiger partial charge in [0.25, 0.3) is 0 Å². The molecule has 1 saturated heterocycles. The first-order chi connectivity index (χ1) is 8.60. The normalized spacial score (nSPS) is 38.0. The number of esters is 1. The Morgan fingerprint density at radius 1 is 1.50 bits per heavy atom. The molecule has 3 aliphatic rings. The second-order valence-electron chi connectivity index (χ2n) is 5.71. The summed E-state index contributed by atoms with van der Waals surface area (Å²) in [4.78, 5) is 11.5. The van der Waals surface area contributed by atoms with Crippen molar-refractivity contribution in [1.82, 2.24) is 0 Å². The summed E-state index contributed by atoms with van der Waals surface area (Å²) in [5.41, 5.74) is 1.35. The maximum Gasteiger partial charge on any atom is 0.306 e. The maximum absolute atomic E-state index is 11.5. The molecule has 1 fully saturated rings. The molecule has 0 amide bonds. The highest BCUT2D eigenvalue weighted by molar-refractivity contribution is 5.71. The summed E-state index contributed by atoms with van der Waals surface area (Å²) in [6.45, 7) is 2.72. The van der Waals surface area contributed by atoms with Gasteiger partial charge in [0.05, 0.1) is 20.1 Å². The predicted octanol–water partition coefficient (Wildman–Crippen LogP) is 2.60. The predicted molar refractivity (Wildman–Crippen MR) is 67.6 cm³/mol. The van der Waals surface area contributed by atoms with Gasteiger partial charge in [0, 0.05) is 11.8 Å². The Balaban J connectivity index is 1.93. The monoisotopic (exact) mass is 246 g/mol. The molecule has 18 heavy (non-hydrogen) atoms. The quantitative estimate of drug-likeness (QED) is 0.667. The number of hydrogen-bond donors (Lipinski definition) is 0. The maximum atomic E-state index is 11.5. The van der Waals surface area contributed by atoms with Crippen LogP contribution < -0.4 is 0 Å². The largest absolute Gasteiger partial charge is 0.497 e. The molecule has 0 bridgehead atoms. The molecule has 0 saturated carbocycles. The van der Waals surface area contributed by atoms with Gasteiger partial charge in [-0.1, -0.05) is 19.1 Å². The van der Waals surface area contributed by atoms with E-state index in [1.54, 1.807) is 7.11 Å². The van der Waals surface area contributed by atoms with Crippen molar-refractivity contribution in [2.24, 2.45) is 17.3 Å². The molecular formula is C15H18O3. The lowest BCUT2D eigenvalue weighted by atomic mass is 9.62. The van der Waals surface area contributed by atoms with Crippen molar-refractivity contribution in [2.45, 2.75) is 19.8 Å². The van der Waals surface area contributed by atoms with Crippen LogP contribution in [0.1, 0.15) is 19.8 Å². The topological polar surface area (TPSA) is 35.5 Å². The third kappa shape index (κ3) is 1.78. The average molecular weight is 246 g/mol. The highest BCUT2D eigenvalue weighted by atomic mass is 16.5. The summed E-state index contributed by atoms with van der Waals surface area (Å²) in [6.07, 6.45) is 10.1. The fourth-order valence-corrected chi connectivity index (χ4v) is 3.23. The Labute approximate surface area is 107 Å². The van der Waals surface area contributed by atoms with Crippen LogP contribution >= 0.6 is 0 Å². The minimum atomic E-state index is -0.0569. The SMILES string of the molecule is COC1=CC2=CC3COC(=O)CC3(C)CC2C=C1. The van der Waals surface area contributed by atoms with Crippen molar-refractivity contribution < 1.29 is 14.3 Å². The van der Waals surface area contributed by atoms with Crippen LogP contribution in [0, 0.1) is 17.3 Å². The van der Waals surface area contributed by atoms with Gasteiger partial charge in [-0.15, -0.1) is 0 Å². The Morgan fingerprint density at radius 2 is 2.33 bits per heavy atom. The smallest absolute Gasteiger partial charge is 0.306 e. The molecule has 0 radical (unpaired) electrons. The molecule has 0 aromatic carbocycles. The van der Waals surface area contributed by atoms with E-state index in [1.165, 1.54) is 5.57 Å². The lowest BCUT2D eigenvalue weighted by Gasteiger charge is -2.45. The van der Waals surface area contributed by atoms with Crippen LogP contribution in [0.2, 0.25) is 0 Å². The van der Waals surface area contributed by atoms with Crippen LogP contribution in [-0.2, 0) is 14.3 Å². The zero-order valence-electron chi connectivity index (χ0n) is 10.8. The Hall–Kier alpha value is -1.51. The summed E-state index contributed by atoms with van der Waals surface area (Å²) < 4.78 is 10.5. The Bertz CT molecular complexity index is 472. The van der Waals surface area contributed by atoms with Gasteiger partial charge in [-0.2, -0.15) is 0 Å². The van der Waals surface area contributed by atoms with Crippen molar-refractivity contribution in [1.29, 1.82) is 0 Å². The van der Waals surface area contributed by atoms with Gasteiger partial charge in [0.2, 0.25) is 0 Å². The van der Waals surface area contributed by atoms with Crippen LogP contribution in [0.5, 0.6) is 0 Å². The van der Waals surface area contributed by atoms with Gasteiger partial charge < -0.3 is 9.47 Å². The van der Waals surface area contributed by atoms with Crippen LogP contribution in [0.25, 0.3) is 0 Å². The van der Waals surface area contributed by atoms with E-state index in [1.807, 2.05) is 6.08 Å². The number of rotatable bonds is 1. The van der Waals surface area contributed by atoms with Gasteiger partial charge in [-0.25, -0.2) is 0 Å². The number of carbonyl (C=O) groups excluding carboxylic acids is 1. The van der Waals surface area contributed by atoms with Crippen LogP contribution in [0.15, 0.2) is 35.6 Å². The number of hydrogen-bond acceptors (Lipinski definition) is 3. The van der Waals surface area contributed by atoms with E-state index >= 15 is 0 Å². The molecule has 3 nitrogen and oxygen atoms in total.